The lowest BCUT2D eigenvalue weighted by Gasteiger charge is -2.23. The Morgan fingerprint density at radius 1 is 1.22 bits per heavy atom. The van der Waals surface area contributed by atoms with Crippen molar-refractivity contribution < 1.29 is 0 Å². The quantitative estimate of drug-likeness (QED) is 0.627. The van der Waals surface area contributed by atoms with E-state index >= 15 is 0 Å². The highest BCUT2D eigenvalue weighted by molar-refractivity contribution is 9.12. The van der Waals surface area contributed by atoms with Gasteiger partial charge in [0.1, 0.15) is 0 Å². The molecule has 2 rings (SSSR count). The molecular weight excluding hydrogens is 244 g/mol. The summed E-state index contributed by atoms with van der Waals surface area (Å²) in [7, 11) is 0. The molecule has 9 heavy (non-hydrogen) atoms. The molecular formula is C7H8Br2. The Labute approximate surface area is 72.0 Å². The van der Waals surface area contributed by atoms with Gasteiger partial charge in [0.15, 0.2) is 0 Å². The minimum Gasteiger partial charge on any atom is -0.0804 e. The predicted molar refractivity (Wildman–Crippen MR) is 46.1 cm³/mol. The monoisotopic (exact) mass is 250 g/mol. The lowest BCUT2D eigenvalue weighted by molar-refractivity contribution is 0.798. The van der Waals surface area contributed by atoms with E-state index in [9.17, 15) is 0 Å². The zero-order chi connectivity index (χ0) is 6.48. The van der Waals surface area contributed by atoms with Crippen LogP contribution in [0.3, 0.4) is 0 Å². The number of hydrogen-bond donors (Lipinski definition) is 0. The Morgan fingerprint density at radius 2 is 1.89 bits per heavy atom. The number of allylic oxidation sites excluding steroid dienone is 2. The van der Waals surface area contributed by atoms with Crippen molar-refractivity contribution in [1.29, 1.82) is 0 Å². The summed E-state index contributed by atoms with van der Waals surface area (Å²) in [6, 6.07) is 0. The first-order valence-electron chi connectivity index (χ1n) is 3.29. The molecule has 0 unspecified atom stereocenters. The standard InChI is InChI=1S/C7H8Br2/c8-6-2-1-5(6)7(9)3-4-7/h1-4H2. The van der Waals surface area contributed by atoms with Crippen molar-refractivity contribution in [1.82, 2.24) is 0 Å². The Balaban J connectivity index is 2.23. The molecule has 1 saturated carbocycles. The van der Waals surface area contributed by atoms with Gasteiger partial charge in [-0.15, -0.1) is 0 Å². The molecule has 0 heterocycles. The van der Waals surface area contributed by atoms with Crippen LogP contribution in [-0.4, -0.2) is 4.32 Å². The SMILES string of the molecule is BrC1=C(C2(Br)CC2)CC1. The molecule has 0 N–H and O–H groups in total. The second-order valence-electron chi connectivity index (χ2n) is 2.85. The van der Waals surface area contributed by atoms with Gasteiger partial charge in [-0.2, -0.15) is 0 Å². The van der Waals surface area contributed by atoms with Gasteiger partial charge in [0, 0.05) is 4.32 Å². The van der Waals surface area contributed by atoms with Crippen molar-refractivity contribution in [3.63, 3.8) is 0 Å². The fraction of sp³-hybridized carbons (Fsp3) is 0.714. The van der Waals surface area contributed by atoms with Crippen molar-refractivity contribution >= 4 is 31.9 Å². The van der Waals surface area contributed by atoms with Crippen molar-refractivity contribution in [3.8, 4) is 0 Å². The first-order chi connectivity index (χ1) is 4.22. The number of hydrogen-bond acceptors (Lipinski definition) is 0. The van der Waals surface area contributed by atoms with Crippen molar-refractivity contribution in [2.45, 2.75) is 30.0 Å². The minimum atomic E-state index is 0.462. The highest BCUT2D eigenvalue weighted by atomic mass is 79.9. The van der Waals surface area contributed by atoms with Gasteiger partial charge in [-0.3, -0.25) is 0 Å². The van der Waals surface area contributed by atoms with E-state index in [4.69, 9.17) is 0 Å². The average Bonchev–Trinajstić information content (AvgIpc) is 2.44. The fourth-order valence-electron chi connectivity index (χ4n) is 1.22. The van der Waals surface area contributed by atoms with E-state index in [2.05, 4.69) is 31.9 Å². The molecule has 0 aromatic carbocycles. The second-order valence-corrected chi connectivity index (χ2v) is 5.32. The minimum absolute atomic E-state index is 0.462. The normalized spacial score (nSPS) is 30.0. The summed E-state index contributed by atoms with van der Waals surface area (Å²) in [5, 5.41) is 0. The summed E-state index contributed by atoms with van der Waals surface area (Å²) in [6.07, 6.45) is 5.27. The van der Waals surface area contributed by atoms with Gasteiger partial charge >= 0.3 is 0 Å². The van der Waals surface area contributed by atoms with E-state index in [0.29, 0.717) is 4.32 Å². The Hall–Kier alpha value is 0.700. The van der Waals surface area contributed by atoms with E-state index in [1.54, 1.807) is 5.57 Å². The van der Waals surface area contributed by atoms with E-state index < -0.39 is 0 Å². The maximum atomic E-state index is 3.72. The fourth-order valence-corrected chi connectivity index (χ4v) is 2.90. The topological polar surface area (TPSA) is 0 Å². The van der Waals surface area contributed by atoms with Gasteiger partial charge in [-0.25, -0.2) is 0 Å². The summed E-state index contributed by atoms with van der Waals surface area (Å²) < 4.78 is 1.92. The predicted octanol–water partition coefficient (Wildman–Crippen LogP) is 3.36. The third kappa shape index (κ3) is 0.911. The molecule has 0 saturated heterocycles. The van der Waals surface area contributed by atoms with Crippen LogP contribution in [0.4, 0.5) is 0 Å². The maximum absolute atomic E-state index is 3.72. The Morgan fingerprint density at radius 3 is 2.00 bits per heavy atom. The maximum Gasteiger partial charge on any atom is 0.0478 e. The largest absolute Gasteiger partial charge is 0.0804 e. The summed E-state index contributed by atoms with van der Waals surface area (Å²) >= 11 is 7.27. The molecule has 0 aromatic rings. The van der Waals surface area contributed by atoms with Gasteiger partial charge in [0.25, 0.3) is 0 Å². The van der Waals surface area contributed by atoms with E-state index in [1.807, 2.05) is 0 Å². The zero-order valence-corrected chi connectivity index (χ0v) is 8.26. The molecule has 0 nitrogen and oxygen atoms in total. The zero-order valence-electron chi connectivity index (χ0n) is 5.08. The lowest BCUT2D eigenvalue weighted by Crippen LogP contribution is -2.11. The number of alkyl halides is 1. The number of halogens is 2. The molecule has 0 radical (unpaired) electrons. The van der Waals surface area contributed by atoms with Crippen molar-refractivity contribution in [2.24, 2.45) is 0 Å². The smallest absolute Gasteiger partial charge is 0.0478 e. The highest BCUT2D eigenvalue weighted by Crippen LogP contribution is 2.57. The Kier molecular flexibility index (Phi) is 1.32. The van der Waals surface area contributed by atoms with Crippen molar-refractivity contribution in [2.75, 3.05) is 0 Å². The van der Waals surface area contributed by atoms with Crippen LogP contribution in [0.5, 0.6) is 0 Å². The van der Waals surface area contributed by atoms with E-state index in [-0.39, 0.29) is 0 Å². The summed E-state index contributed by atoms with van der Waals surface area (Å²) in [5.74, 6) is 0. The molecule has 0 atom stereocenters. The molecule has 2 aliphatic carbocycles. The summed E-state index contributed by atoms with van der Waals surface area (Å²) in [5.41, 5.74) is 1.63. The summed E-state index contributed by atoms with van der Waals surface area (Å²) in [6.45, 7) is 0. The third-order valence-corrected chi connectivity index (χ3v) is 4.30. The van der Waals surface area contributed by atoms with Crippen LogP contribution in [-0.2, 0) is 0 Å². The van der Waals surface area contributed by atoms with Gasteiger partial charge in [-0.05, 0) is 35.7 Å². The van der Waals surface area contributed by atoms with Gasteiger partial charge in [-0.1, -0.05) is 31.9 Å². The van der Waals surface area contributed by atoms with Crippen LogP contribution in [0.1, 0.15) is 25.7 Å². The Bertz CT molecular complexity index is 177. The second kappa shape index (κ2) is 1.85. The molecule has 0 amide bonds. The molecule has 1 fully saturated rings. The molecule has 0 aromatic heterocycles. The molecule has 2 aliphatic rings. The van der Waals surface area contributed by atoms with Gasteiger partial charge < -0.3 is 0 Å². The van der Waals surface area contributed by atoms with Gasteiger partial charge in [0.2, 0.25) is 0 Å². The molecule has 2 heteroatoms. The van der Waals surface area contributed by atoms with E-state index in [1.165, 1.54) is 30.2 Å². The van der Waals surface area contributed by atoms with Crippen LogP contribution >= 0.6 is 31.9 Å². The van der Waals surface area contributed by atoms with Crippen LogP contribution < -0.4 is 0 Å². The van der Waals surface area contributed by atoms with Gasteiger partial charge in [0.05, 0.1) is 0 Å². The van der Waals surface area contributed by atoms with Crippen molar-refractivity contribution in [3.05, 3.63) is 10.1 Å². The van der Waals surface area contributed by atoms with E-state index in [0.717, 1.165) is 0 Å². The molecule has 0 spiro atoms. The number of rotatable bonds is 1. The van der Waals surface area contributed by atoms with Crippen LogP contribution in [0, 0.1) is 0 Å². The van der Waals surface area contributed by atoms with Crippen LogP contribution in [0.15, 0.2) is 10.1 Å². The van der Waals surface area contributed by atoms with Crippen LogP contribution in [0.25, 0.3) is 0 Å². The molecule has 50 valence electrons. The third-order valence-electron chi connectivity index (χ3n) is 2.15. The summed E-state index contributed by atoms with van der Waals surface area (Å²) in [4.78, 5) is 0. The molecule has 0 aliphatic heterocycles. The highest BCUT2D eigenvalue weighted by Gasteiger charge is 2.46. The molecule has 0 bridgehead atoms. The lowest BCUT2D eigenvalue weighted by atomic mass is 9.95. The first kappa shape index (κ1) is 6.41. The average molecular weight is 252 g/mol. The first-order valence-corrected chi connectivity index (χ1v) is 4.88. The van der Waals surface area contributed by atoms with Crippen LogP contribution in [0.2, 0.25) is 0 Å².